The van der Waals surface area contributed by atoms with Gasteiger partial charge in [-0.05, 0) is 49.9 Å². The third-order valence-corrected chi connectivity index (χ3v) is 5.42. The fraction of sp³-hybridized carbons (Fsp3) is 0.500. The van der Waals surface area contributed by atoms with Crippen LogP contribution in [0.15, 0.2) is 25.6 Å². The monoisotopic (exact) mass is 482 g/mol. The number of likely N-dealkylation sites (tertiary alicyclic amines) is 1. The third-order valence-electron chi connectivity index (χ3n) is 3.71. The highest BCUT2D eigenvalue weighted by Crippen LogP contribution is 2.34. The molecule has 0 spiro atoms. The van der Waals surface area contributed by atoms with Crippen molar-refractivity contribution in [3.8, 4) is 0 Å². The predicted molar refractivity (Wildman–Crippen MR) is 94.4 cm³/mol. The molecule has 0 unspecified atom stereocenters. The van der Waals surface area contributed by atoms with E-state index in [1.807, 2.05) is 30.9 Å². The van der Waals surface area contributed by atoms with Crippen LogP contribution in [-0.2, 0) is 4.79 Å². The number of anilines is 1. The summed E-state index contributed by atoms with van der Waals surface area (Å²) in [6.07, 6.45) is 0. The normalized spacial score (nSPS) is 17.7. The zero-order valence-corrected chi connectivity index (χ0v) is 16.5. The SMILES string of the molecule is CC(C)C1(O)CN(CC(=O)Nc2c(Br)cc(Br)cc2Br)C1. The van der Waals surface area contributed by atoms with E-state index in [2.05, 4.69) is 53.1 Å². The quantitative estimate of drug-likeness (QED) is 0.686. The van der Waals surface area contributed by atoms with Crippen LogP contribution in [0.25, 0.3) is 0 Å². The number of nitrogens with zero attached hydrogens (tertiary/aromatic N) is 1. The third kappa shape index (κ3) is 4.07. The van der Waals surface area contributed by atoms with Crippen molar-refractivity contribution < 1.29 is 9.90 Å². The highest BCUT2D eigenvalue weighted by molar-refractivity contribution is 9.11. The number of rotatable bonds is 4. The molecule has 1 aromatic carbocycles. The molecule has 1 aromatic rings. The summed E-state index contributed by atoms with van der Waals surface area (Å²) >= 11 is 10.3. The molecule has 0 atom stereocenters. The van der Waals surface area contributed by atoms with Crippen molar-refractivity contribution in [3.05, 3.63) is 25.6 Å². The average molecular weight is 485 g/mol. The van der Waals surface area contributed by atoms with Gasteiger partial charge in [-0.25, -0.2) is 0 Å². The van der Waals surface area contributed by atoms with Gasteiger partial charge in [0.25, 0.3) is 0 Å². The minimum atomic E-state index is -0.654. The summed E-state index contributed by atoms with van der Waals surface area (Å²) in [5.74, 6) is 0.108. The van der Waals surface area contributed by atoms with Crippen molar-refractivity contribution in [3.63, 3.8) is 0 Å². The standard InChI is InChI=1S/C14H17Br3N2O2/c1-8(2)14(21)6-19(7-14)5-12(20)18-13-10(16)3-9(15)4-11(13)17/h3-4,8,21H,5-7H2,1-2H3,(H,18,20). The molecule has 1 amide bonds. The highest BCUT2D eigenvalue weighted by Gasteiger charge is 2.43. The zero-order chi connectivity index (χ0) is 15.8. The molecule has 1 aliphatic heterocycles. The number of benzene rings is 1. The summed E-state index contributed by atoms with van der Waals surface area (Å²) in [5, 5.41) is 13.1. The molecule has 0 aliphatic carbocycles. The number of nitrogens with one attached hydrogen (secondary N) is 1. The van der Waals surface area contributed by atoms with E-state index in [0.29, 0.717) is 18.8 Å². The summed E-state index contributed by atoms with van der Waals surface area (Å²) < 4.78 is 2.53. The first kappa shape index (κ1) is 17.4. The van der Waals surface area contributed by atoms with Gasteiger partial charge in [0, 0.05) is 26.5 Å². The van der Waals surface area contributed by atoms with Crippen LogP contribution in [0, 0.1) is 5.92 Å². The van der Waals surface area contributed by atoms with E-state index in [0.717, 1.165) is 13.4 Å². The molecule has 0 radical (unpaired) electrons. The van der Waals surface area contributed by atoms with Gasteiger partial charge in [0.1, 0.15) is 0 Å². The van der Waals surface area contributed by atoms with Crippen molar-refractivity contribution >= 4 is 59.4 Å². The van der Waals surface area contributed by atoms with E-state index < -0.39 is 5.60 Å². The summed E-state index contributed by atoms with van der Waals surface area (Å²) in [5.41, 5.74) is 0.0573. The Labute approximate surface area is 149 Å². The Balaban J connectivity index is 1.92. The second kappa shape index (κ2) is 6.66. The Kier molecular flexibility index (Phi) is 5.52. The van der Waals surface area contributed by atoms with Crippen LogP contribution < -0.4 is 5.32 Å². The van der Waals surface area contributed by atoms with Crippen LogP contribution in [0.3, 0.4) is 0 Å². The Morgan fingerprint density at radius 1 is 1.33 bits per heavy atom. The molecule has 7 heteroatoms. The smallest absolute Gasteiger partial charge is 0.238 e. The van der Waals surface area contributed by atoms with Gasteiger partial charge in [-0.2, -0.15) is 0 Å². The van der Waals surface area contributed by atoms with Crippen molar-refractivity contribution in [1.82, 2.24) is 4.90 Å². The first-order valence-electron chi connectivity index (χ1n) is 6.60. The Morgan fingerprint density at radius 2 is 1.86 bits per heavy atom. The van der Waals surface area contributed by atoms with Crippen molar-refractivity contribution in [2.75, 3.05) is 25.0 Å². The van der Waals surface area contributed by atoms with Crippen LogP contribution in [0.5, 0.6) is 0 Å². The fourth-order valence-corrected chi connectivity index (χ4v) is 4.71. The Hall–Kier alpha value is 0.0500. The second-order valence-corrected chi connectivity index (χ2v) is 8.32. The molecule has 0 saturated carbocycles. The summed E-state index contributed by atoms with van der Waals surface area (Å²) in [7, 11) is 0. The van der Waals surface area contributed by atoms with Gasteiger partial charge in [0.2, 0.25) is 5.91 Å². The Bertz CT molecular complexity index is 534. The van der Waals surface area contributed by atoms with E-state index in [1.54, 1.807) is 0 Å². The molecule has 0 bridgehead atoms. The molecular weight excluding hydrogens is 468 g/mol. The molecule has 0 aromatic heterocycles. The molecule has 4 nitrogen and oxygen atoms in total. The van der Waals surface area contributed by atoms with E-state index in [4.69, 9.17) is 0 Å². The van der Waals surface area contributed by atoms with E-state index in [9.17, 15) is 9.90 Å². The molecule has 21 heavy (non-hydrogen) atoms. The lowest BCUT2D eigenvalue weighted by molar-refractivity contribution is -0.139. The number of carbonyl (C=O) groups is 1. The number of hydrogen-bond donors (Lipinski definition) is 2. The van der Waals surface area contributed by atoms with Crippen LogP contribution in [-0.4, -0.2) is 41.1 Å². The highest BCUT2D eigenvalue weighted by atomic mass is 79.9. The first-order valence-corrected chi connectivity index (χ1v) is 8.98. The maximum atomic E-state index is 12.1. The lowest BCUT2D eigenvalue weighted by atomic mass is 9.83. The molecule has 2 rings (SSSR count). The van der Waals surface area contributed by atoms with E-state index in [-0.39, 0.29) is 18.4 Å². The maximum absolute atomic E-state index is 12.1. The number of aliphatic hydroxyl groups is 1. The molecular formula is C14H17Br3N2O2. The van der Waals surface area contributed by atoms with Gasteiger partial charge in [0.05, 0.1) is 17.8 Å². The number of halogens is 3. The van der Waals surface area contributed by atoms with Crippen LogP contribution in [0.4, 0.5) is 5.69 Å². The van der Waals surface area contributed by atoms with Gasteiger partial charge in [0.15, 0.2) is 0 Å². The van der Waals surface area contributed by atoms with E-state index >= 15 is 0 Å². The van der Waals surface area contributed by atoms with Crippen LogP contribution >= 0.6 is 47.8 Å². The largest absolute Gasteiger partial charge is 0.387 e. The van der Waals surface area contributed by atoms with Crippen molar-refractivity contribution in [2.24, 2.45) is 5.92 Å². The number of carbonyl (C=O) groups excluding carboxylic acids is 1. The average Bonchev–Trinajstić information content (AvgIpc) is 2.31. The second-order valence-electron chi connectivity index (χ2n) is 5.70. The number of amides is 1. The topological polar surface area (TPSA) is 52.6 Å². The summed E-state index contributed by atoms with van der Waals surface area (Å²) in [4.78, 5) is 14.0. The minimum absolute atomic E-state index is 0.0930. The summed E-state index contributed by atoms with van der Waals surface area (Å²) in [6.45, 7) is 5.35. The van der Waals surface area contributed by atoms with E-state index in [1.165, 1.54) is 0 Å². The van der Waals surface area contributed by atoms with Crippen LogP contribution in [0.2, 0.25) is 0 Å². The van der Waals surface area contributed by atoms with Crippen molar-refractivity contribution in [2.45, 2.75) is 19.4 Å². The summed E-state index contributed by atoms with van der Waals surface area (Å²) in [6, 6.07) is 3.75. The number of hydrogen-bond acceptors (Lipinski definition) is 3. The predicted octanol–water partition coefficient (Wildman–Crippen LogP) is 3.62. The minimum Gasteiger partial charge on any atom is -0.387 e. The van der Waals surface area contributed by atoms with Gasteiger partial charge in [-0.15, -0.1) is 0 Å². The van der Waals surface area contributed by atoms with Crippen molar-refractivity contribution in [1.29, 1.82) is 0 Å². The first-order chi connectivity index (χ1) is 9.71. The molecule has 2 N–H and O–H groups in total. The Morgan fingerprint density at radius 3 is 2.33 bits per heavy atom. The zero-order valence-electron chi connectivity index (χ0n) is 11.8. The lowest BCUT2D eigenvalue weighted by Crippen LogP contribution is -2.65. The molecule has 116 valence electrons. The fourth-order valence-electron chi connectivity index (χ4n) is 2.25. The molecule has 1 saturated heterocycles. The number of β-amino-alcohol motifs (C(OH)–C–C–N with tert-alkyl or cyclic N) is 1. The van der Waals surface area contributed by atoms with Gasteiger partial charge < -0.3 is 10.4 Å². The van der Waals surface area contributed by atoms with Gasteiger partial charge in [-0.3, -0.25) is 9.69 Å². The van der Waals surface area contributed by atoms with Gasteiger partial charge in [-0.1, -0.05) is 29.8 Å². The molecule has 1 heterocycles. The maximum Gasteiger partial charge on any atom is 0.238 e. The molecule has 1 aliphatic rings. The van der Waals surface area contributed by atoms with Gasteiger partial charge >= 0.3 is 0 Å². The lowest BCUT2D eigenvalue weighted by Gasteiger charge is -2.48. The van der Waals surface area contributed by atoms with Crippen LogP contribution in [0.1, 0.15) is 13.8 Å². The molecule has 1 fully saturated rings.